The predicted octanol–water partition coefficient (Wildman–Crippen LogP) is -0.590. The SMILES string of the molecule is CO.N=C=O.N=C=O. The van der Waals surface area contributed by atoms with E-state index in [1.807, 2.05) is 0 Å². The van der Waals surface area contributed by atoms with Gasteiger partial charge in [0.2, 0.25) is 12.2 Å². The second kappa shape index (κ2) is 246. The van der Waals surface area contributed by atoms with Crippen LogP contribution < -0.4 is 0 Å². The van der Waals surface area contributed by atoms with E-state index in [9.17, 15) is 0 Å². The molecule has 5 nitrogen and oxygen atoms in total. The van der Waals surface area contributed by atoms with Gasteiger partial charge in [-0.25, -0.2) is 20.4 Å². The van der Waals surface area contributed by atoms with Gasteiger partial charge in [0, 0.05) is 7.11 Å². The predicted molar refractivity (Wildman–Crippen MR) is 25.0 cm³/mol. The third-order valence-electron chi connectivity index (χ3n) is 0. The lowest BCUT2D eigenvalue weighted by molar-refractivity contribution is 0.399. The van der Waals surface area contributed by atoms with Crippen LogP contribution in [0.25, 0.3) is 0 Å². The van der Waals surface area contributed by atoms with Crippen molar-refractivity contribution in [2.75, 3.05) is 7.11 Å². The van der Waals surface area contributed by atoms with Crippen LogP contribution in [-0.2, 0) is 9.59 Å². The highest BCUT2D eigenvalue weighted by atomic mass is 16.2. The summed E-state index contributed by atoms with van der Waals surface area (Å²) in [6, 6.07) is 0. The summed E-state index contributed by atoms with van der Waals surface area (Å²) < 4.78 is 0. The molecule has 0 fully saturated rings. The second-order valence-corrected chi connectivity index (χ2v) is 0.204. The molecule has 0 aliphatic carbocycles. The Labute approximate surface area is 46.0 Å². The highest BCUT2D eigenvalue weighted by Gasteiger charge is 1.04. The zero-order chi connectivity index (χ0) is 7.41. The van der Waals surface area contributed by atoms with E-state index in [0.29, 0.717) is 0 Å². The summed E-state index contributed by atoms with van der Waals surface area (Å²) in [5.41, 5.74) is 0. The monoisotopic (exact) mass is 118 g/mol. The summed E-state index contributed by atoms with van der Waals surface area (Å²) in [6.45, 7) is 0. The fourth-order valence-corrected chi connectivity index (χ4v) is 0. The summed E-state index contributed by atoms with van der Waals surface area (Å²) in [5.74, 6) is 0. The topological polar surface area (TPSA) is 102 Å². The fraction of sp³-hybridized carbons (Fsp3) is 0.333. The molecule has 0 radical (unpaired) electrons. The summed E-state index contributed by atoms with van der Waals surface area (Å²) in [7, 11) is 1.00. The van der Waals surface area contributed by atoms with Gasteiger partial charge in [0.1, 0.15) is 0 Å². The Morgan fingerprint density at radius 3 is 1.12 bits per heavy atom. The number of aliphatic hydroxyl groups is 1. The minimum atomic E-state index is 0.750. The van der Waals surface area contributed by atoms with Crippen LogP contribution in [0.5, 0.6) is 0 Å². The number of nitrogens with one attached hydrogen (secondary N) is 2. The van der Waals surface area contributed by atoms with Crippen molar-refractivity contribution in [2.45, 2.75) is 0 Å². The standard InChI is InChI=1S/2CHNO.CH4O/c2*2-1-3;1-2/h2*2H;2H,1H3. The maximum atomic E-state index is 8.35. The van der Waals surface area contributed by atoms with Crippen molar-refractivity contribution in [3.05, 3.63) is 0 Å². The second-order valence-electron chi connectivity index (χ2n) is 0.204. The average Bonchev–Trinajstić information content (AvgIpc) is 1.75. The van der Waals surface area contributed by atoms with Gasteiger partial charge in [0.15, 0.2) is 0 Å². The molecule has 0 heterocycles. The van der Waals surface area contributed by atoms with Gasteiger partial charge in [0.05, 0.1) is 0 Å². The largest absolute Gasteiger partial charge is 0.400 e. The first kappa shape index (κ1) is 15.9. The molecule has 0 saturated heterocycles. The van der Waals surface area contributed by atoms with E-state index >= 15 is 0 Å². The number of carbonyl (C=O) groups excluding carboxylic acids is 2. The molecule has 8 heavy (non-hydrogen) atoms. The maximum Gasteiger partial charge on any atom is 0.231 e. The zero-order valence-corrected chi connectivity index (χ0v) is 4.26. The molecule has 0 aliphatic heterocycles. The molecule has 0 aromatic carbocycles. The van der Waals surface area contributed by atoms with E-state index in [1.165, 1.54) is 0 Å². The van der Waals surface area contributed by atoms with Crippen LogP contribution in [0, 0.1) is 10.8 Å². The number of hydrogen-bond donors (Lipinski definition) is 3. The van der Waals surface area contributed by atoms with Crippen LogP contribution in [-0.4, -0.2) is 24.4 Å². The highest BCUT2D eigenvalue weighted by molar-refractivity contribution is 5.26. The molecule has 0 aromatic rings. The molecule has 0 aliphatic rings. The van der Waals surface area contributed by atoms with Crippen molar-refractivity contribution in [3.63, 3.8) is 0 Å². The Kier molecular flexibility index (Phi) is 488. The van der Waals surface area contributed by atoms with Crippen LogP contribution in [0.1, 0.15) is 0 Å². The number of isocyanates is 2. The van der Waals surface area contributed by atoms with Gasteiger partial charge < -0.3 is 5.11 Å². The molecular weight excluding hydrogens is 112 g/mol. The quantitative estimate of drug-likeness (QED) is 0.292. The Morgan fingerprint density at radius 1 is 1.12 bits per heavy atom. The number of hydrogen-bond acceptors (Lipinski definition) is 5. The van der Waals surface area contributed by atoms with Crippen LogP contribution in [0.4, 0.5) is 0 Å². The summed E-state index contributed by atoms with van der Waals surface area (Å²) in [4.78, 5) is 16.7. The molecule has 0 rings (SSSR count). The molecule has 0 aromatic heterocycles. The average molecular weight is 118 g/mol. The van der Waals surface area contributed by atoms with Gasteiger partial charge >= 0.3 is 0 Å². The molecule has 3 N–H and O–H groups in total. The lowest BCUT2D eigenvalue weighted by atomic mass is 11.7. The van der Waals surface area contributed by atoms with Crippen molar-refractivity contribution < 1.29 is 14.7 Å². The Morgan fingerprint density at radius 2 is 1.12 bits per heavy atom. The maximum absolute atomic E-state index is 8.35. The van der Waals surface area contributed by atoms with E-state index in [1.54, 1.807) is 0 Å². The minimum absolute atomic E-state index is 0.750. The first-order valence-corrected chi connectivity index (χ1v) is 1.36. The van der Waals surface area contributed by atoms with Gasteiger partial charge in [-0.15, -0.1) is 0 Å². The van der Waals surface area contributed by atoms with Crippen molar-refractivity contribution in [3.8, 4) is 0 Å². The van der Waals surface area contributed by atoms with E-state index < -0.39 is 0 Å². The minimum Gasteiger partial charge on any atom is -0.400 e. The zero-order valence-electron chi connectivity index (χ0n) is 4.26. The van der Waals surface area contributed by atoms with E-state index in [0.717, 1.165) is 19.3 Å². The van der Waals surface area contributed by atoms with Crippen molar-refractivity contribution in [1.82, 2.24) is 0 Å². The molecule has 0 saturated carbocycles. The molecule has 0 atom stereocenters. The lowest BCUT2D eigenvalue weighted by Gasteiger charge is -1.21. The van der Waals surface area contributed by atoms with Crippen LogP contribution in [0.3, 0.4) is 0 Å². The number of rotatable bonds is 0. The normalized spacial score (nSPS) is 2.75. The fourth-order valence-electron chi connectivity index (χ4n) is 0. The van der Waals surface area contributed by atoms with Crippen LogP contribution >= 0.6 is 0 Å². The first-order valence-electron chi connectivity index (χ1n) is 1.36. The highest BCUT2D eigenvalue weighted by Crippen LogP contribution is 0.871. The smallest absolute Gasteiger partial charge is 0.231 e. The third kappa shape index (κ3) is 39.9. The van der Waals surface area contributed by atoms with Crippen molar-refractivity contribution in [1.29, 1.82) is 10.8 Å². The van der Waals surface area contributed by atoms with Gasteiger partial charge in [-0.3, -0.25) is 0 Å². The van der Waals surface area contributed by atoms with Crippen molar-refractivity contribution in [2.24, 2.45) is 0 Å². The van der Waals surface area contributed by atoms with E-state index in [-0.39, 0.29) is 0 Å². The Balaban J connectivity index is -0.0000000483. The van der Waals surface area contributed by atoms with E-state index in [2.05, 4.69) is 0 Å². The number of aliphatic hydroxyl groups excluding tert-OH is 1. The van der Waals surface area contributed by atoms with Gasteiger partial charge in [0.25, 0.3) is 0 Å². The Hall–Kier alpha value is -1.28. The molecule has 5 heteroatoms. The molecule has 0 spiro atoms. The van der Waals surface area contributed by atoms with Gasteiger partial charge in [-0.1, -0.05) is 0 Å². The van der Waals surface area contributed by atoms with E-state index in [4.69, 9.17) is 25.5 Å². The molecule has 0 amide bonds. The van der Waals surface area contributed by atoms with Gasteiger partial charge in [-0.2, -0.15) is 0 Å². The van der Waals surface area contributed by atoms with Crippen LogP contribution in [0.15, 0.2) is 0 Å². The molecular formula is C3H6N2O3. The summed E-state index contributed by atoms with van der Waals surface area (Å²) >= 11 is 0. The molecule has 46 valence electrons. The summed E-state index contributed by atoms with van der Waals surface area (Å²) in [6.07, 6.45) is 1.50. The van der Waals surface area contributed by atoms with Gasteiger partial charge in [-0.05, 0) is 0 Å². The third-order valence-corrected chi connectivity index (χ3v) is 0. The molecule has 0 bridgehead atoms. The first-order chi connectivity index (χ1) is 3.83. The van der Waals surface area contributed by atoms with Crippen LogP contribution in [0.2, 0.25) is 0 Å². The molecule has 0 unspecified atom stereocenters. The lowest BCUT2D eigenvalue weighted by Crippen LogP contribution is -1.25. The van der Waals surface area contributed by atoms with Crippen molar-refractivity contribution >= 4 is 12.2 Å². The summed E-state index contributed by atoms with van der Waals surface area (Å²) in [5, 5.41) is 17.8. The Bertz CT molecular complexity index is 66.5.